The van der Waals surface area contributed by atoms with Crippen LogP contribution in [0.25, 0.3) is 10.8 Å². The van der Waals surface area contributed by atoms with Crippen LogP contribution in [-0.4, -0.2) is 30.2 Å². The van der Waals surface area contributed by atoms with Gasteiger partial charge in [0.15, 0.2) is 0 Å². The van der Waals surface area contributed by atoms with Crippen molar-refractivity contribution in [3.05, 3.63) is 42.0 Å². The lowest BCUT2D eigenvalue weighted by molar-refractivity contribution is -0.191. The van der Waals surface area contributed by atoms with Crippen LogP contribution < -0.4 is 10.2 Å². The molecule has 1 heterocycles. The van der Waals surface area contributed by atoms with Gasteiger partial charge in [0.05, 0.1) is 12.0 Å². The Balaban J connectivity index is 2.01. The number of amides is 1. The molecular formula is C21H25F3N2O2. The van der Waals surface area contributed by atoms with Gasteiger partial charge in [0.1, 0.15) is 11.8 Å². The molecule has 1 unspecified atom stereocenters. The average molecular weight is 394 g/mol. The van der Waals surface area contributed by atoms with Crippen LogP contribution in [-0.2, 0) is 4.79 Å². The predicted octanol–water partition coefficient (Wildman–Crippen LogP) is 5.00. The van der Waals surface area contributed by atoms with E-state index in [1.807, 2.05) is 19.1 Å². The molecule has 152 valence electrons. The van der Waals surface area contributed by atoms with Gasteiger partial charge in [-0.15, -0.1) is 0 Å². The molecule has 1 amide bonds. The molecule has 0 saturated carbocycles. The fourth-order valence-electron chi connectivity index (χ4n) is 3.40. The maximum atomic E-state index is 14.0. The third kappa shape index (κ3) is 4.09. The summed E-state index contributed by atoms with van der Waals surface area (Å²) in [5, 5.41) is 2.43. The van der Waals surface area contributed by atoms with E-state index >= 15 is 0 Å². The number of ether oxygens (including phenoxy) is 1. The number of hydrazine groups is 1. The van der Waals surface area contributed by atoms with E-state index in [4.69, 9.17) is 4.74 Å². The molecule has 1 N–H and O–H groups in total. The minimum Gasteiger partial charge on any atom is -0.493 e. The van der Waals surface area contributed by atoms with Crippen LogP contribution in [0, 0.1) is 5.41 Å². The summed E-state index contributed by atoms with van der Waals surface area (Å²) in [6, 6.07) is 8.17. The van der Waals surface area contributed by atoms with Crippen molar-refractivity contribution in [1.29, 1.82) is 0 Å². The van der Waals surface area contributed by atoms with Crippen LogP contribution in [0.15, 0.2) is 36.4 Å². The summed E-state index contributed by atoms with van der Waals surface area (Å²) in [4.78, 5) is 12.0. The van der Waals surface area contributed by atoms with Crippen molar-refractivity contribution in [1.82, 2.24) is 10.4 Å². The molecule has 1 fully saturated rings. The second-order valence-electron chi connectivity index (χ2n) is 7.84. The normalized spacial score (nSPS) is 18.3. The van der Waals surface area contributed by atoms with Gasteiger partial charge < -0.3 is 4.74 Å². The molecule has 0 bridgehead atoms. The topological polar surface area (TPSA) is 41.6 Å². The van der Waals surface area contributed by atoms with Crippen molar-refractivity contribution >= 4 is 16.7 Å². The van der Waals surface area contributed by atoms with Gasteiger partial charge in [0, 0.05) is 11.9 Å². The maximum Gasteiger partial charge on any atom is 0.409 e. The maximum absolute atomic E-state index is 14.0. The summed E-state index contributed by atoms with van der Waals surface area (Å²) in [5.74, 6) is 0.158. The minimum absolute atomic E-state index is 0.0251. The third-order valence-corrected chi connectivity index (χ3v) is 4.98. The molecule has 1 atom stereocenters. The van der Waals surface area contributed by atoms with Crippen molar-refractivity contribution in [3.63, 3.8) is 0 Å². The number of alkyl halides is 3. The van der Waals surface area contributed by atoms with Crippen LogP contribution in [0.4, 0.5) is 13.2 Å². The van der Waals surface area contributed by atoms with E-state index in [9.17, 15) is 18.0 Å². The quantitative estimate of drug-likeness (QED) is 0.702. The summed E-state index contributed by atoms with van der Waals surface area (Å²) in [7, 11) is 0. The highest BCUT2D eigenvalue weighted by atomic mass is 19.4. The highest BCUT2D eigenvalue weighted by Gasteiger charge is 2.51. The highest BCUT2D eigenvalue weighted by molar-refractivity contribution is 5.89. The van der Waals surface area contributed by atoms with Gasteiger partial charge in [0.25, 0.3) is 0 Å². The van der Waals surface area contributed by atoms with Gasteiger partial charge in [-0.25, -0.2) is 5.01 Å². The molecule has 2 aromatic carbocycles. The van der Waals surface area contributed by atoms with Gasteiger partial charge >= 0.3 is 6.18 Å². The van der Waals surface area contributed by atoms with Crippen molar-refractivity contribution < 1.29 is 22.7 Å². The molecule has 1 aliphatic heterocycles. The second kappa shape index (κ2) is 7.62. The number of hydrogen-bond donors (Lipinski definition) is 1. The van der Waals surface area contributed by atoms with Gasteiger partial charge in [-0.2, -0.15) is 13.2 Å². The van der Waals surface area contributed by atoms with E-state index in [1.165, 1.54) is 12.1 Å². The van der Waals surface area contributed by atoms with Crippen molar-refractivity contribution in [2.24, 2.45) is 5.41 Å². The first kappa shape index (κ1) is 20.5. The predicted molar refractivity (Wildman–Crippen MR) is 102 cm³/mol. The first-order valence-corrected chi connectivity index (χ1v) is 9.43. The lowest BCUT2D eigenvalue weighted by Gasteiger charge is -2.30. The van der Waals surface area contributed by atoms with E-state index in [-0.39, 0.29) is 12.1 Å². The number of hydrogen-bond acceptors (Lipinski definition) is 3. The average Bonchev–Trinajstić information content (AvgIpc) is 2.86. The molecule has 0 radical (unpaired) electrons. The molecule has 2 aromatic rings. The summed E-state index contributed by atoms with van der Waals surface area (Å²) < 4.78 is 47.7. The Morgan fingerprint density at radius 1 is 1.25 bits per heavy atom. The number of nitrogens with zero attached hydrogens (tertiary/aromatic N) is 1. The summed E-state index contributed by atoms with van der Waals surface area (Å²) in [6.45, 7) is 5.80. The van der Waals surface area contributed by atoms with Crippen molar-refractivity contribution in [3.8, 4) is 5.75 Å². The Kier molecular flexibility index (Phi) is 5.57. The standard InChI is InChI=1S/C21H25F3N2O2/c1-4-5-11-28-17-8-6-7-14-9-10-15(12-16(14)17)18(21(22,23)24)26-13-20(2,3)19(27)25-26/h6-10,12,18H,4-5,11,13H2,1-3H3,(H,25,27). The van der Waals surface area contributed by atoms with Crippen LogP contribution in [0.1, 0.15) is 45.2 Å². The van der Waals surface area contributed by atoms with Crippen LogP contribution in [0.5, 0.6) is 5.75 Å². The molecule has 0 aromatic heterocycles. The number of halogens is 3. The number of carbonyl (C=O) groups excluding carboxylic acids is 1. The molecular weight excluding hydrogens is 369 g/mol. The van der Waals surface area contributed by atoms with E-state index in [0.29, 0.717) is 17.7 Å². The van der Waals surface area contributed by atoms with Crippen LogP contribution in [0.2, 0.25) is 0 Å². The Bertz CT molecular complexity index is 864. The van der Waals surface area contributed by atoms with E-state index in [2.05, 4.69) is 5.43 Å². The summed E-state index contributed by atoms with van der Waals surface area (Å²) in [5.41, 5.74) is 1.59. The number of fused-ring (bicyclic) bond motifs is 1. The summed E-state index contributed by atoms with van der Waals surface area (Å²) in [6.07, 6.45) is -2.70. The van der Waals surface area contributed by atoms with Crippen molar-refractivity contribution in [2.45, 2.75) is 45.8 Å². The van der Waals surface area contributed by atoms with Gasteiger partial charge in [-0.1, -0.05) is 37.6 Å². The zero-order chi connectivity index (χ0) is 20.5. The fourth-order valence-corrected chi connectivity index (χ4v) is 3.40. The SMILES string of the molecule is CCCCOc1cccc2ccc(C(N3CC(C)(C)C(=O)N3)C(F)(F)F)cc12. The number of rotatable bonds is 6. The van der Waals surface area contributed by atoms with E-state index < -0.39 is 23.5 Å². The molecule has 0 spiro atoms. The van der Waals surface area contributed by atoms with Gasteiger partial charge in [-0.05, 0) is 43.4 Å². The van der Waals surface area contributed by atoms with Gasteiger partial charge in [0.2, 0.25) is 5.91 Å². The lowest BCUT2D eigenvalue weighted by atomic mass is 9.93. The zero-order valence-electron chi connectivity index (χ0n) is 16.3. The van der Waals surface area contributed by atoms with E-state index in [0.717, 1.165) is 23.2 Å². The first-order chi connectivity index (χ1) is 13.1. The Morgan fingerprint density at radius 3 is 2.61 bits per heavy atom. The lowest BCUT2D eigenvalue weighted by Crippen LogP contribution is -2.43. The fraction of sp³-hybridized carbons (Fsp3) is 0.476. The smallest absolute Gasteiger partial charge is 0.409 e. The van der Waals surface area contributed by atoms with Crippen molar-refractivity contribution in [2.75, 3.05) is 13.2 Å². The number of benzene rings is 2. The number of carbonyl (C=O) groups is 1. The largest absolute Gasteiger partial charge is 0.493 e. The Morgan fingerprint density at radius 2 is 2.00 bits per heavy atom. The molecule has 1 aliphatic rings. The highest BCUT2D eigenvalue weighted by Crippen LogP contribution is 2.42. The second-order valence-corrected chi connectivity index (χ2v) is 7.84. The molecule has 7 heteroatoms. The zero-order valence-corrected chi connectivity index (χ0v) is 16.3. The Hall–Kier alpha value is -2.28. The first-order valence-electron chi connectivity index (χ1n) is 9.43. The third-order valence-electron chi connectivity index (χ3n) is 4.98. The minimum atomic E-state index is -4.54. The number of nitrogens with one attached hydrogen (secondary N) is 1. The molecule has 0 aliphatic carbocycles. The molecule has 3 rings (SSSR count). The Labute approximate surface area is 162 Å². The van der Waals surface area contributed by atoms with Crippen LogP contribution >= 0.6 is 0 Å². The monoisotopic (exact) mass is 394 g/mol. The molecule has 28 heavy (non-hydrogen) atoms. The molecule has 4 nitrogen and oxygen atoms in total. The van der Waals surface area contributed by atoms with Crippen LogP contribution in [0.3, 0.4) is 0 Å². The van der Waals surface area contributed by atoms with E-state index in [1.54, 1.807) is 26.0 Å². The summed E-state index contributed by atoms with van der Waals surface area (Å²) >= 11 is 0. The molecule has 1 saturated heterocycles. The number of unbranched alkanes of at least 4 members (excludes halogenated alkanes) is 1. The van der Waals surface area contributed by atoms with Gasteiger partial charge in [-0.3, -0.25) is 10.2 Å².